The van der Waals surface area contributed by atoms with E-state index in [2.05, 4.69) is 31.5 Å². The van der Waals surface area contributed by atoms with E-state index >= 15 is 0 Å². The molecular weight excluding hydrogens is 356 g/mol. The summed E-state index contributed by atoms with van der Waals surface area (Å²) in [5.41, 5.74) is 0.467. The van der Waals surface area contributed by atoms with Gasteiger partial charge >= 0.3 is 5.97 Å². The van der Waals surface area contributed by atoms with Crippen LogP contribution in [0.15, 0.2) is 46.9 Å². The summed E-state index contributed by atoms with van der Waals surface area (Å²) in [5.74, 6) is -0.246. The van der Waals surface area contributed by atoms with Crippen molar-refractivity contribution in [1.82, 2.24) is 5.32 Å². The minimum absolute atomic E-state index is 0.0814. The maximum Gasteiger partial charge on any atom is 0.305 e. The molecule has 2 heterocycles. The normalized spacial score (nSPS) is 21.2. The van der Waals surface area contributed by atoms with E-state index in [9.17, 15) is 14.7 Å². The van der Waals surface area contributed by atoms with E-state index in [0.717, 1.165) is 25.1 Å². The number of likely N-dealkylation sites (tertiary alicyclic amines) is 1. The summed E-state index contributed by atoms with van der Waals surface area (Å²) in [4.78, 5) is 24.2. The molecule has 2 N–H and O–H groups in total. The summed E-state index contributed by atoms with van der Waals surface area (Å²) >= 11 is 0. The Labute approximate surface area is 165 Å². The lowest BCUT2D eigenvalue weighted by molar-refractivity contribution is -0.899. The van der Waals surface area contributed by atoms with Crippen molar-refractivity contribution in [3.8, 4) is 0 Å². The molecular formula is C22H29N2O4+. The third kappa shape index (κ3) is 5.23. The van der Waals surface area contributed by atoms with Gasteiger partial charge in [-0.05, 0) is 37.0 Å². The topological polar surface area (TPSA) is 79.5 Å². The van der Waals surface area contributed by atoms with Crippen molar-refractivity contribution >= 4 is 11.9 Å². The molecule has 0 aliphatic carbocycles. The number of piperidine rings is 1. The number of rotatable bonds is 7. The maximum absolute atomic E-state index is 12.8. The number of carboxylic acid groups (broad SMARTS) is 1. The van der Waals surface area contributed by atoms with E-state index in [0.29, 0.717) is 23.9 Å². The summed E-state index contributed by atoms with van der Waals surface area (Å²) < 4.78 is 6.43. The van der Waals surface area contributed by atoms with Crippen molar-refractivity contribution in [2.24, 2.45) is 0 Å². The largest absolute Gasteiger partial charge is 0.481 e. The number of carbonyl (C=O) groups is 2. The van der Waals surface area contributed by atoms with E-state index in [1.54, 1.807) is 6.07 Å². The van der Waals surface area contributed by atoms with E-state index in [1.165, 1.54) is 5.56 Å². The third-order valence-electron chi connectivity index (χ3n) is 5.41. The molecule has 28 heavy (non-hydrogen) atoms. The molecule has 1 aliphatic heterocycles. The van der Waals surface area contributed by atoms with Crippen LogP contribution in [0.4, 0.5) is 0 Å². The Balaban J connectivity index is 1.67. The van der Waals surface area contributed by atoms with Crippen LogP contribution in [0.25, 0.3) is 0 Å². The standard InChI is InChI=1S/C22H28N2O4/c1-24(2)14-6-13-22(16-24,15-20(25)26)23-21(27)19-12-11-18(28-19)10-9-17-7-4-3-5-8-17/h3-5,7-8,11-12H,6,9-10,13-16H2,1-2H3,(H-,23,25,26,27)/p+1. The zero-order valence-corrected chi connectivity index (χ0v) is 16.6. The van der Waals surface area contributed by atoms with E-state index in [1.807, 2.05) is 24.3 Å². The average molecular weight is 385 g/mol. The van der Waals surface area contributed by atoms with Crippen molar-refractivity contribution in [2.45, 2.75) is 37.6 Å². The van der Waals surface area contributed by atoms with Gasteiger partial charge in [-0.1, -0.05) is 30.3 Å². The number of carbonyl (C=O) groups excluding carboxylic acids is 1. The van der Waals surface area contributed by atoms with E-state index in [-0.39, 0.29) is 18.1 Å². The van der Waals surface area contributed by atoms with Gasteiger partial charge in [0, 0.05) is 6.42 Å². The number of carboxylic acids is 1. The Morgan fingerprint density at radius 2 is 1.89 bits per heavy atom. The molecule has 0 spiro atoms. The van der Waals surface area contributed by atoms with E-state index < -0.39 is 11.5 Å². The second kappa shape index (κ2) is 8.19. The molecule has 1 atom stereocenters. The van der Waals surface area contributed by atoms with Gasteiger partial charge in [0.25, 0.3) is 5.91 Å². The SMILES string of the molecule is C[N+]1(C)CCCC(CC(=O)O)(NC(=O)c2ccc(CCc3ccccc3)o2)C1. The Morgan fingerprint density at radius 3 is 2.57 bits per heavy atom. The molecule has 1 aliphatic rings. The Morgan fingerprint density at radius 1 is 1.14 bits per heavy atom. The minimum Gasteiger partial charge on any atom is -0.481 e. The summed E-state index contributed by atoms with van der Waals surface area (Å²) in [6, 6.07) is 13.6. The molecule has 1 saturated heterocycles. The van der Waals surface area contributed by atoms with Crippen molar-refractivity contribution in [2.75, 3.05) is 27.2 Å². The molecule has 1 amide bonds. The van der Waals surface area contributed by atoms with Gasteiger partial charge in [-0.3, -0.25) is 9.59 Å². The molecule has 0 bridgehead atoms. The number of nitrogens with one attached hydrogen (secondary N) is 1. The first-order valence-corrected chi connectivity index (χ1v) is 9.76. The predicted molar refractivity (Wildman–Crippen MR) is 106 cm³/mol. The third-order valence-corrected chi connectivity index (χ3v) is 5.41. The fourth-order valence-electron chi connectivity index (χ4n) is 4.25. The van der Waals surface area contributed by atoms with Crippen LogP contribution in [0.1, 0.15) is 41.1 Å². The monoisotopic (exact) mass is 385 g/mol. The molecule has 0 saturated carbocycles. The zero-order valence-electron chi connectivity index (χ0n) is 16.6. The second-order valence-corrected chi connectivity index (χ2v) is 8.48. The van der Waals surface area contributed by atoms with Crippen molar-refractivity contribution in [3.05, 3.63) is 59.5 Å². The average Bonchev–Trinajstić information content (AvgIpc) is 3.08. The number of nitrogens with zero attached hydrogens (tertiary/aromatic N) is 1. The Bertz CT molecular complexity index is 828. The fraction of sp³-hybridized carbons (Fsp3) is 0.455. The quantitative estimate of drug-likeness (QED) is 0.719. The molecule has 2 aromatic rings. The lowest BCUT2D eigenvalue weighted by Gasteiger charge is -2.45. The van der Waals surface area contributed by atoms with Crippen molar-refractivity contribution < 1.29 is 23.6 Å². The summed E-state index contributed by atoms with van der Waals surface area (Å²) in [6.07, 6.45) is 3.00. The van der Waals surface area contributed by atoms with Crippen LogP contribution in [0.2, 0.25) is 0 Å². The molecule has 1 aromatic heterocycles. The molecule has 6 heteroatoms. The van der Waals surface area contributed by atoms with Gasteiger partial charge in [-0.2, -0.15) is 0 Å². The highest BCUT2D eigenvalue weighted by atomic mass is 16.4. The van der Waals surface area contributed by atoms with Crippen LogP contribution >= 0.6 is 0 Å². The lowest BCUT2D eigenvalue weighted by atomic mass is 9.84. The predicted octanol–water partition coefficient (Wildman–Crippen LogP) is 2.88. The minimum atomic E-state index is -0.898. The van der Waals surface area contributed by atoms with Crippen LogP contribution in [-0.4, -0.2) is 54.2 Å². The van der Waals surface area contributed by atoms with Gasteiger partial charge in [0.2, 0.25) is 0 Å². The number of hydrogen-bond donors (Lipinski definition) is 2. The number of likely N-dealkylation sites (N-methyl/N-ethyl adjacent to an activating group) is 1. The first kappa shape index (κ1) is 20.1. The molecule has 1 fully saturated rings. The number of furan rings is 1. The van der Waals surface area contributed by atoms with Crippen LogP contribution < -0.4 is 5.32 Å². The summed E-state index contributed by atoms with van der Waals surface area (Å²) in [6.45, 7) is 1.56. The number of hydrogen-bond acceptors (Lipinski definition) is 3. The second-order valence-electron chi connectivity index (χ2n) is 8.48. The number of aryl methyl sites for hydroxylation is 2. The first-order chi connectivity index (χ1) is 13.3. The number of aliphatic carboxylic acids is 1. The maximum atomic E-state index is 12.8. The lowest BCUT2D eigenvalue weighted by Crippen LogP contribution is -2.64. The molecule has 3 rings (SSSR count). The van der Waals surface area contributed by atoms with Gasteiger partial charge in [-0.25, -0.2) is 0 Å². The van der Waals surface area contributed by atoms with E-state index in [4.69, 9.17) is 4.42 Å². The Hall–Kier alpha value is -2.60. The van der Waals surface area contributed by atoms with Crippen LogP contribution in [0.5, 0.6) is 0 Å². The fourth-order valence-corrected chi connectivity index (χ4v) is 4.25. The summed E-state index contributed by atoms with van der Waals surface area (Å²) in [7, 11) is 4.13. The zero-order chi connectivity index (χ0) is 20.2. The highest BCUT2D eigenvalue weighted by Crippen LogP contribution is 2.28. The molecule has 1 aromatic carbocycles. The smallest absolute Gasteiger partial charge is 0.305 e. The van der Waals surface area contributed by atoms with Crippen LogP contribution in [0.3, 0.4) is 0 Å². The highest BCUT2D eigenvalue weighted by molar-refractivity contribution is 5.92. The van der Waals surface area contributed by atoms with Gasteiger partial charge in [0.1, 0.15) is 12.3 Å². The molecule has 1 unspecified atom stereocenters. The van der Waals surface area contributed by atoms with Crippen LogP contribution in [0, 0.1) is 0 Å². The number of amides is 1. The number of benzene rings is 1. The first-order valence-electron chi connectivity index (χ1n) is 9.76. The van der Waals surface area contributed by atoms with Crippen LogP contribution in [-0.2, 0) is 17.6 Å². The van der Waals surface area contributed by atoms with Crippen molar-refractivity contribution in [3.63, 3.8) is 0 Å². The highest BCUT2D eigenvalue weighted by Gasteiger charge is 2.44. The molecule has 150 valence electrons. The van der Waals surface area contributed by atoms with Gasteiger partial charge in [0.05, 0.1) is 32.6 Å². The van der Waals surface area contributed by atoms with Gasteiger partial charge < -0.3 is 19.3 Å². The molecule has 0 radical (unpaired) electrons. The Kier molecular flexibility index (Phi) is 5.89. The molecule has 6 nitrogen and oxygen atoms in total. The number of quaternary nitrogens is 1. The van der Waals surface area contributed by atoms with Gasteiger partial charge in [-0.15, -0.1) is 0 Å². The van der Waals surface area contributed by atoms with Gasteiger partial charge in [0.15, 0.2) is 5.76 Å². The van der Waals surface area contributed by atoms with Crippen molar-refractivity contribution in [1.29, 1.82) is 0 Å². The summed E-state index contributed by atoms with van der Waals surface area (Å²) in [5, 5.41) is 12.4.